The number of aromatic hydroxyl groups is 1. The van der Waals surface area contributed by atoms with E-state index in [1.807, 2.05) is 19.1 Å². The van der Waals surface area contributed by atoms with E-state index >= 15 is 0 Å². The Morgan fingerprint density at radius 3 is 2.63 bits per heavy atom. The third-order valence-electron chi connectivity index (χ3n) is 7.83. The molecule has 1 N–H and O–H groups in total. The third-order valence-corrected chi connectivity index (χ3v) is 8.32. The molecule has 2 aliphatic heterocycles. The minimum atomic E-state index is -0.263. The SMILES string of the molecule is CCC/C(=C\c1cc(Br)ccc1O)CC[C@H]1OC[C@H]2C1=C(C(C)C)C[C@H]1C(=O)N(CCC)C(=O)[C@H]12. The quantitative estimate of drug-likeness (QED) is 0.285. The van der Waals surface area contributed by atoms with Crippen LogP contribution >= 0.6 is 15.9 Å². The van der Waals surface area contributed by atoms with Gasteiger partial charge in [0.15, 0.2) is 0 Å². The Kier molecular flexibility index (Phi) is 8.22. The highest BCUT2D eigenvalue weighted by Crippen LogP contribution is 2.51. The number of phenols is 1. The van der Waals surface area contributed by atoms with Crippen molar-refractivity contribution in [3.05, 3.63) is 45.0 Å². The maximum atomic E-state index is 13.3. The summed E-state index contributed by atoms with van der Waals surface area (Å²) in [6, 6.07) is 5.49. The van der Waals surface area contributed by atoms with Crippen LogP contribution < -0.4 is 0 Å². The van der Waals surface area contributed by atoms with E-state index in [1.54, 1.807) is 6.07 Å². The molecule has 3 aliphatic rings. The second-order valence-electron chi connectivity index (χ2n) is 10.5. The number of benzene rings is 1. The van der Waals surface area contributed by atoms with Crippen LogP contribution in [0.2, 0.25) is 0 Å². The van der Waals surface area contributed by atoms with Crippen LogP contribution in [0.1, 0.15) is 71.8 Å². The van der Waals surface area contributed by atoms with Crippen LogP contribution in [0.15, 0.2) is 39.4 Å². The fourth-order valence-electron chi connectivity index (χ4n) is 6.24. The third kappa shape index (κ3) is 5.15. The van der Waals surface area contributed by atoms with Crippen LogP contribution in [0.5, 0.6) is 5.75 Å². The number of carbonyl (C=O) groups is 2. The van der Waals surface area contributed by atoms with E-state index < -0.39 is 0 Å². The maximum absolute atomic E-state index is 13.3. The van der Waals surface area contributed by atoms with Crippen molar-refractivity contribution in [3.8, 4) is 5.75 Å². The highest BCUT2D eigenvalue weighted by Gasteiger charge is 2.56. The monoisotopic (exact) mass is 543 g/mol. The minimum absolute atomic E-state index is 0.00750. The lowest BCUT2D eigenvalue weighted by atomic mass is 9.67. The van der Waals surface area contributed by atoms with Crippen molar-refractivity contribution < 1.29 is 19.4 Å². The second kappa shape index (κ2) is 11.0. The smallest absolute Gasteiger partial charge is 0.233 e. The largest absolute Gasteiger partial charge is 0.507 e. The zero-order valence-electron chi connectivity index (χ0n) is 21.4. The van der Waals surface area contributed by atoms with Gasteiger partial charge in [0, 0.05) is 22.5 Å². The average Bonchev–Trinajstić information content (AvgIpc) is 3.34. The van der Waals surface area contributed by atoms with E-state index in [1.165, 1.54) is 21.6 Å². The lowest BCUT2D eigenvalue weighted by molar-refractivity contribution is -0.140. The number of amides is 2. The van der Waals surface area contributed by atoms with Gasteiger partial charge >= 0.3 is 0 Å². The van der Waals surface area contributed by atoms with Gasteiger partial charge in [-0.05, 0) is 61.8 Å². The number of carbonyl (C=O) groups excluding carboxylic acids is 2. The zero-order chi connectivity index (χ0) is 25.3. The van der Waals surface area contributed by atoms with E-state index in [0.717, 1.165) is 42.1 Å². The first kappa shape index (κ1) is 26.2. The van der Waals surface area contributed by atoms with E-state index in [0.29, 0.717) is 25.5 Å². The number of hydrogen-bond acceptors (Lipinski definition) is 4. The van der Waals surface area contributed by atoms with Gasteiger partial charge in [-0.1, -0.05) is 67.3 Å². The summed E-state index contributed by atoms with van der Waals surface area (Å²) in [4.78, 5) is 27.9. The molecule has 4 rings (SSSR count). The highest BCUT2D eigenvalue weighted by atomic mass is 79.9. The van der Waals surface area contributed by atoms with Crippen molar-refractivity contribution in [1.82, 2.24) is 4.90 Å². The molecule has 190 valence electrons. The predicted molar refractivity (Wildman–Crippen MR) is 142 cm³/mol. The Morgan fingerprint density at radius 1 is 1.17 bits per heavy atom. The molecule has 0 bridgehead atoms. The van der Waals surface area contributed by atoms with Gasteiger partial charge in [-0.2, -0.15) is 0 Å². The molecule has 1 aliphatic carbocycles. The number of halogens is 1. The first-order valence-electron chi connectivity index (χ1n) is 13.1. The fourth-order valence-corrected chi connectivity index (χ4v) is 6.61. The molecule has 2 amide bonds. The first-order chi connectivity index (χ1) is 16.8. The van der Waals surface area contributed by atoms with Gasteiger partial charge in [-0.25, -0.2) is 0 Å². The molecule has 1 aromatic rings. The van der Waals surface area contributed by atoms with Crippen LogP contribution in [0.25, 0.3) is 6.08 Å². The number of fused-ring (bicyclic) bond motifs is 3. The zero-order valence-corrected chi connectivity index (χ0v) is 22.9. The molecular formula is C29H38BrNO4. The highest BCUT2D eigenvalue weighted by molar-refractivity contribution is 9.10. The summed E-state index contributed by atoms with van der Waals surface area (Å²) in [5.41, 5.74) is 4.72. The lowest BCUT2D eigenvalue weighted by Gasteiger charge is -2.33. The fraction of sp³-hybridized carbons (Fsp3) is 0.586. The van der Waals surface area contributed by atoms with Gasteiger partial charge in [0.05, 0.1) is 24.5 Å². The van der Waals surface area contributed by atoms with Crippen molar-refractivity contribution in [2.45, 2.75) is 72.3 Å². The summed E-state index contributed by atoms with van der Waals surface area (Å²) in [6.45, 7) is 9.60. The van der Waals surface area contributed by atoms with E-state index in [2.05, 4.69) is 42.8 Å². The lowest BCUT2D eigenvalue weighted by Crippen LogP contribution is -2.35. The molecule has 2 heterocycles. The molecule has 0 aromatic heterocycles. The summed E-state index contributed by atoms with van der Waals surface area (Å²) in [5, 5.41) is 10.3. The van der Waals surface area contributed by atoms with Crippen molar-refractivity contribution in [2.24, 2.45) is 23.7 Å². The van der Waals surface area contributed by atoms with Crippen LogP contribution in [0, 0.1) is 23.7 Å². The Labute approximate surface area is 217 Å². The standard InChI is InChI=1S/C29H38BrNO4/c1-5-7-18(13-19-14-20(30)9-10-24(19)32)8-11-25-26-21(17(3)4)15-22-27(23(26)16-35-25)29(34)31(12-6-2)28(22)33/h9-10,13-14,17,22-23,25,27,32H,5-8,11-12,15-16H2,1-4H3/b18-13+/t22-,23+,25-,27-/m1/s1. The van der Waals surface area contributed by atoms with Crippen LogP contribution in [-0.4, -0.2) is 41.1 Å². The molecule has 4 atom stereocenters. The van der Waals surface area contributed by atoms with E-state index in [4.69, 9.17) is 4.74 Å². The Morgan fingerprint density at radius 2 is 1.94 bits per heavy atom. The van der Waals surface area contributed by atoms with Crippen molar-refractivity contribution in [2.75, 3.05) is 13.2 Å². The molecule has 0 radical (unpaired) electrons. The first-order valence-corrected chi connectivity index (χ1v) is 13.9. The summed E-state index contributed by atoms with van der Waals surface area (Å²) < 4.78 is 7.31. The molecular weight excluding hydrogens is 506 g/mol. The Balaban J connectivity index is 1.58. The van der Waals surface area contributed by atoms with Crippen molar-refractivity contribution in [3.63, 3.8) is 0 Å². The van der Waals surface area contributed by atoms with Gasteiger partial charge in [-0.3, -0.25) is 14.5 Å². The molecule has 0 unspecified atom stereocenters. The van der Waals surface area contributed by atoms with E-state index in [9.17, 15) is 14.7 Å². The topological polar surface area (TPSA) is 66.8 Å². The molecule has 6 heteroatoms. The summed E-state index contributed by atoms with van der Waals surface area (Å²) >= 11 is 3.50. The molecule has 2 saturated heterocycles. The van der Waals surface area contributed by atoms with Gasteiger partial charge in [0.25, 0.3) is 0 Å². The van der Waals surface area contributed by atoms with Gasteiger partial charge in [0.2, 0.25) is 11.8 Å². The molecule has 1 aromatic carbocycles. The maximum Gasteiger partial charge on any atom is 0.233 e. The number of imide groups is 1. The molecule has 0 spiro atoms. The summed E-state index contributed by atoms with van der Waals surface area (Å²) in [6.07, 6.45) is 7.27. The van der Waals surface area contributed by atoms with Crippen LogP contribution in [-0.2, 0) is 14.3 Å². The second-order valence-corrected chi connectivity index (χ2v) is 11.4. The van der Waals surface area contributed by atoms with Crippen LogP contribution in [0.4, 0.5) is 0 Å². The number of allylic oxidation sites excluding steroid dienone is 2. The molecule has 35 heavy (non-hydrogen) atoms. The Hall–Kier alpha value is -1.92. The molecule has 5 nitrogen and oxygen atoms in total. The number of phenolic OH excluding ortho intramolecular Hbond substituents is 1. The van der Waals surface area contributed by atoms with Crippen molar-refractivity contribution >= 4 is 33.8 Å². The van der Waals surface area contributed by atoms with Gasteiger partial charge in [0.1, 0.15) is 5.75 Å². The van der Waals surface area contributed by atoms with Crippen molar-refractivity contribution in [1.29, 1.82) is 0 Å². The molecule has 0 saturated carbocycles. The number of ether oxygens (including phenoxy) is 1. The van der Waals surface area contributed by atoms with Gasteiger partial charge < -0.3 is 9.84 Å². The minimum Gasteiger partial charge on any atom is -0.507 e. The summed E-state index contributed by atoms with van der Waals surface area (Å²) in [7, 11) is 0. The van der Waals surface area contributed by atoms with Crippen LogP contribution in [0.3, 0.4) is 0 Å². The number of hydrogen-bond donors (Lipinski definition) is 1. The Bertz CT molecular complexity index is 1040. The predicted octanol–water partition coefficient (Wildman–Crippen LogP) is 6.50. The number of nitrogens with zero attached hydrogens (tertiary/aromatic N) is 1. The normalized spacial score (nSPS) is 26.7. The number of rotatable bonds is 9. The van der Waals surface area contributed by atoms with Gasteiger partial charge in [-0.15, -0.1) is 0 Å². The van der Waals surface area contributed by atoms with E-state index in [-0.39, 0.29) is 41.4 Å². The number of likely N-dealkylation sites (tertiary alicyclic amines) is 1. The molecule has 2 fully saturated rings. The summed E-state index contributed by atoms with van der Waals surface area (Å²) in [5.74, 6) is 0.159. The average molecular weight is 545 g/mol.